The number of hydrogen-bond acceptors (Lipinski definition) is 5. The van der Waals surface area contributed by atoms with E-state index in [0.29, 0.717) is 36.1 Å². The van der Waals surface area contributed by atoms with E-state index in [1.54, 1.807) is 12.1 Å². The number of amides is 1. The van der Waals surface area contributed by atoms with Crippen LogP contribution in [0.25, 0.3) is 0 Å². The van der Waals surface area contributed by atoms with E-state index in [0.717, 1.165) is 12.8 Å². The van der Waals surface area contributed by atoms with Crippen LogP contribution in [0.3, 0.4) is 0 Å². The number of carbonyl (C=O) groups is 1. The molecule has 1 aliphatic rings. The van der Waals surface area contributed by atoms with Gasteiger partial charge in [0.1, 0.15) is 11.6 Å². The van der Waals surface area contributed by atoms with Crippen LogP contribution in [0.1, 0.15) is 40.8 Å². The van der Waals surface area contributed by atoms with Crippen molar-refractivity contribution in [1.29, 1.82) is 0 Å². The first-order valence-electron chi connectivity index (χ1n) is 9.24. The Labute approximate surface area is 161 Å². The molecule has 6 nitrogen and oxygen atoms in total. The number of piperidine rings is 1. The van der Waals surface area contributed by atoms with E-state index < -0.39 is 0 Å². The van der Waals surface area contributed by atoms with Crippen molar-refractivity contribution in [2.75, 3.05) is 13.1 Å². The smallest absolute Gasteiger partial charge is 0.264 e. The Hall–Kier alpha value is -3.22. The highest BCUT2D eigenvalue weighted by molar-refractivity contribution is 5.94. The summed E-state index contributed by atoms with van der Waals surface area (Å²) in [5, 5.41) is 4.06. The van der Waals surface area contributed by atoms with Crippen LogP contribution in [0.2, 0.25) is 0 Å². The van der Waals surface area contributed by atoms with Gasteiger partial charge in [-0.25, -0.2) is 4.39 Å². The maximum Gasteiger partial charge on any atom is 0.264 e. The lowest BCUT2D eigenvalue weighted by atomic mass is 9.95. The van der Waals surface area contributed by atoms with Crippen LogP contribution in [0, 0.1) is 5.82 Å². The van der Waals surface area contributed by atoms with Gasteiger partial charge in [-0.1, -0.05) is 23.4 Å². The minimum absolute atomic E-state index is 0.0561. The zero-order valence-electron chi connectivity index (χ0n) is 15.3. The fraction of sp³-hybridized carbons (Fsp3) is 0.286. The predicted octanol–water partition coefficient (Wildman–Crippen LogP) is 3.81. The first-order valence-corrected chi connectivity index (χ1v) is 9.24. The van der Waals surface area contributed by atoms with E-state index in [-0.39, 0.29) is 24.2 Å². The molecule has 0 atom stereocenters. The number of nitrogens with zero attached hydrogens (tertiary/aromatic N) is 3. The second-order valence-corrected chi connectivity index (χ2v) is 6.72. The van der Waals surface area contributed by atoms with Crippen molar-refractivity contribution in [2.24, 2.45) is 0 Å². The molecule has 1 aliphatic heterocycles. The highest BCUT2D eigenvalue weighted by atomic mass is 19.1. The van der Waals surface area contributed by atoms with Gasteiger partial charge in [0.2, 0.25) is 0 Å². The summed E-state index contributed by atoms with van der Waals surface area (Å²) in [6.07, 6.45) is 1.58. The van der Waals surface area contributed by atoms with Crippen LogP contribution < -0.4 is 4.74 Å². The number of halogens is 1. The van der Waals surface area contributed by atoms with Crippen LogP contribution in [0.5, 0.6) is 5.75 Å². The SMILES string of the molecule is O=C(c1ccccc1)N1CCC(c2noc(COc3ccc(F)cc3)n2)CC1. The van der Waals surface area contributed by atoms with Crippen molar-refractivity contribution in [2.45, 2.75) is 25.4 Å². The molecular formula is C21H20FN3O3. The van der Waals surface area contributed by atoms with Gasteiger partial charge in [0, 0.05) is 24.6 Å². The van der Waals surface area contributed by atoms with E-state index in [1.165, 1.54) is 12.1 Å². The average Bonchev–Trinajstić information content (AvgIpc) is 3.23. The van der Waals surface area contributed by atoms with Crippen LogP contribution in [-0.4, -0.2) is 34.0 Å². The number of rotatable bonds is 5. The molecule has 1 aromatic heterocycles. The lowest BCUT2D eigenvalue weighted by molar-refractivity contribution is 0.0710. The minimum atomic E-state index is -0.315. The molecule has 0 radical (unpaired) electrons. The zero-order chi connectivity index (χ0) is 19.3. The second kappa shape index (κ2) is 8.21. The van der Waals surface area contributed by atoms with Crippen LogP contribution in [0.4, 0.5) is 4.39 Å². The molecule has 1 amide bonds. The summed E-state index contributed by atoms with van der Waals surface area (Å²) in [5.41, 5.74) is 0.709. The first kappa shape index (κ1) is 18.2. The van der Waals surface area contributed by atoms with Gasteiger partial charge in [0.05, 0.1) is 0 Å². The van der Waals surface area contributed by atoms with Gasteiger partial charge in [-0.3, -0.25) is 4.79 Å². The molecule has 7 heteroatoms. The number of aromatic nitrogens is 2. The van der Waals surface area contributed by atoms with Crippen molar-refractivity contribution in [3.8, 4) is 5.75 Å². The maximum absolute atomic E-state index is 12.9. The van der Waals surface area contributed by atoms with Crippen LogP contribution >= 0.6 is 0 Å². The minimum Gasteiger partial charge on any atom is -0.484 e. The van der Waals surface area contributed by atoms with Crippen molar-refractivity contribution in [3.63, 3.8) is 0 Å². The number of likely N-dealkylation sites (tertiary alicyclic amines) is 1. The Kier molecular flexibility index (Phi) is 5.32. The van der Waals surface area contributed by atoms with Gasteiger partial charge in [-0.2, -0.15) is 4.98 Å². The highest BCUT2D eigenvalue weighted by Gasteiger charge is 2.27. The summed E-state index contributed by atoms with van der Waals surface area (Å²) in [6, 6.07) is 15.1. The molecule has 1 fully saturated rings. The Morgan fingerprint density at radius 1 is 1.11 bits per heavy atom. The quantitative estimate of drug-likeness (QED) is 0.672. The molecule has 0 saturated carbocycles. The van der Waals surface area contributed by atoms with Gasteiger partial charge in [-0.05, 0) is 49.2 Å². The molecule has 0 aliphatic carbocycles. The van der Waals surface area contributed by atoms with Gasteiger partial charge in [-0.15, -0.1) is 0 Å². The third-order valence-electron chi connectivity index (χ3n) is 4.83. The molecule has 0 spiro atoms. The van der Waals surface area contributed by atoms with Gasteiger partial charge in [0.25, 0.3) is 11.8 Å². The molecule has 4 rings (SSSR count). The van der Waals surface area contributed by atoms with Gasteiger partial charge in [0.15, 0.2) is 12.4 Å². The molecule has 3 aromatic rings. The standard InChI is InChI=1S/C21H20FN3O3/c22-17-6-8-18(9-7-17)27-14-19-23-20(24-28-19)15-10-12-25(13-11-15)21(26)16-4-2-1-3-5-16/h1-9,15H,10-14H2. The summed E-state index contributed by atoms with van der Waals surface area (Å²) in [5.74, 6) is 1.45. The summed E-state index contributed by atoms with van der Waals surface area (Å²) >= 11 is 0. The Morgan fingerprint density at radius 2 is 1.82 bits per heavy atom. The fourth-order valence-corrected chi connectivity index (χ4v) is 3.27. The summed E-state index contributed by atoms with van der Waals surface area (Å²) in [7, 11) is 0. The van der Waals surface area contributed by atoms with E-state index in [9.17, 15) is 9.18 Å². The summed E-state index contributed by atoms with van der Waals surface area (Å²) in [6.45, 7) is 1.45. The second-order valence-electron chi connectivity index (χ2n) is 6.72. The molecule has 28 heavy (non-hydrogen) atoms. The van der Waals surface area contributed by atoms with Crippen molar-refractivity contribution in [3.05, 3.63) is 77.7 Å². The number of benzene rings is 2. The van der Waals surface area contributed by atoms with E-state index >= 15 is 0 Å². The van der Waals surface area contributed by atoms with E-state index in [1.807, 2.05) is 35.2 Å². The lowest BCUT2D eigenvalue weighted by Crippen LogP contribution is -2.38. The van der Waals surface area contributed by atoms with Crippen molar-refractivity contribution >= 4 is 5.91 Å². The normalized spacial score (nSPS) is 14.8. The molecular weight excluding hydrogens is 361 g/mol. The Morgan fingerprint density at radius 3 is 2.54 bits per heavy atom. The topological polar surface area (TPSA) is 68.5 Å². The highest BCUT2D eigenvalue weighted by Crippen LogP contribution is 2.27. The monoisotopic (exact) mass is 381 g/mol. The molecule has 0 bridgehead atoms. The molecule has 0 unspecified atom stereocenters. The first-order chi connectivity index (χ1) is 13.7. The average molecular weight is 381 g/mol. The molecule has 144 valence electrons. The predicted molar refractivity (Wildman–Crippen MR) is 99.4 cm³/mol. The summed E-state index contributed by atoms with van der Waals surface area (Å²) < 4.78 is 23.7. The maximum atomic E-state index is 12.9. The molecule has 0 N–H and O–H groups in total. The Bertz CT molecular complexity index is 920. The van der Waals surface area contributed by atoms with Crippen LogP contribution in [0.15, 0.2) is 59.1 Å². The Balaban J connectivity index is 1.30. The van der Waals surface area contributed by atoms with Gasteiger partial charge >= 0.3 is 0 Å². The number of carbonyl (C=O) groups excluding carboxylic acids is 1. The van der Waals surface area contributed by atoms with E-state index in [4.69, 9.17) is 9.26 Å². The lowest BCUT2D eigenvalue weighted by Gasteiger charge is -2.30. The van der Waals surface area contributed by atoms with Crippen LogP contribution in [-0.2, 0) is 6.61 Å². The molecule has 2 aromatic carbocycles. The number of hydrogen-bond donors (Lipinski definition) is 0. The van der Waals surface area contributed by atoms with Crippen molar-refractivity contribution in [1.82, 2.24) is 15.0 Å². The third-order valence-corrected chi connectivity index (χ3v) is 4.83. The molecule has 2 heterocycles. The van der Waals surface area contributed by atoms with Crippen molar-refractivity contribution < 1.29 is 18.4 Å². The van der Waals surface area contributed by atoms with Gasteiger partial charge < -0.3 is 14.2 Å². The summed E-state index contributed by atoms with van der Waals surface area (Å²) in [4.78, 5) is 18.8. The largest absolute Gasteiger partial charge is 0.484 e. The number of ether oxygens (including phenoxy) is 1. The fourth-order valence-electron chi connectivity index (χ4n) is 3.27. The van der Waals surface area contributed by atoms with E-state index in [2.05, 4.69) is 10.1 Å². The third kappa shape index (κ3) is 4.19. The molecule has 1 saturated heterocycles. The zero-order valence-corrected chi connectivity index (χ0v) is 15.3.